The molecule has 0 spiro atoms. The van der Waals surface area contributed by atoms with Gasteiger partial charge in [-0.25, -0.2) is 13.8 Å². The molecule has 8 heteroatoms. The van der Waals surface area contributed by atoms with Crippen LogP contribution in [0.5, 0.6) is 0 Å². The molecule has 0 amide bonds. The van der Waals surface area contributed by atoms with E-state index >= 15 is 0 Å². The molecule has 0 aliphatic carbocycles. The van der Waals surface area contributed by atoms with Crippen molar-refractivity contribution in [1.29, 1.82) is 0 Å². The fourth-order valence-electron chi connectivity index (χ4n) is 1.92. The molecule has 3 nitrogen and oxygen atoms in total. The van der Waals surface area contributed by atoms with Crippen molar-refractivity contribution in [3.05, 3.63) is 69.0 Å². The van der Waals surface area contributed by atoms with Gasteiger partial charge in [0.1, 0.15) is 0 Å². The first-order chi connectivity index (χ1) is 11.6. The first-order valence-corrected chi connectivity index (χ1v) is 8.33. The molecule has 122 valence electrons. The van der Waals surface area contributed by atoms with E-state index < -0.39 is 11.6 Å². The van der Waals surface area contributed by atoms with E-state index in [4.69, 9.17) is 23.2 Å². The molecule has 0 aliphatic heterocycles. The van der Waals surface area contributed by atoms with Gasteiger partial charge in [0.05, 0.1) is 27.5 Å². The van der Waals surface area contributed by atoms with Crippen LogP contribution in [0.2, 0.25) is 10.0 Å². The van der Waals surface area contributed by atoms with Crippen molar-refractivity contribution < 1.29 is 8.78 Å². The molecular formula is C16H9Cl2F2N3S. The summed E-state index contributed by atoms with van der Waals surface area (Å²) in [5, 5.41) is 6.02. The van der Waals surface area contributed by atoms with E-state index in [0.717, 1.165) is 23.5 Å². The van der Waals surface area contributed by atoms with Gasteiger partial charge >= 0.3 is 0 Å². The summed E-state index contributed by atoms with van der Waals surface area (Å²) in [6, 6.07) is 10.4. The molecule has 0 saturated carbocycles. The Hall–Kier alpha value is -2.02. The topological polar surface area (TPSA) is 37.3 Å². The third kappa shape index (κ3) is 3.56. The number of hydrogen-bond donors (Lipinski definition) is 1. The van der Waals surface area contributed by atoms with Gasteiger partial charge < -0.3 is 0 Å². The zero-order valence-electron chi connectivity index (χ0n) is 11.9. The highest BCUT2D eigenvalue weighted by molar-refractivity contribution is 7.14. The fraction of sp³-hybridized carbons (Fsp3) is 0. The summed E-state index contributed by atoms with van der Waals surface area (Å²) in [4.78, 5) is 4.36. The van der Waals surface area contributed by atoms with E-state index in [0.29, 0.717) is 5.13 Å². The number of hydrogen-bond acceptors (Lipinski definition) is 4. The van der Waals surface area contributed by atoms with Crippen molar-refractivity contribution in [2.45, 2.75) is 0 Å². The van der Waals surface area contributed by atoms with E-state index in [9.17, 15) is 8.78 Å². The quantitative estimate of drug-likeness (QED) is 0.349. The van der Waals surface area contributed by atoms with E-state index in [1.54, 1.807) is 0 Å². The summed E-state index contributed by atoms with van der Waals surface area (Å²) in [5.41, 5.74) is 4.19. The number of thiazole rings is 1. The second kappa shape index (κ2) is 7.25. The predicted molar refractivity (Wildman–Crippen MR) is 95.1 cm³/mol. The Morgan fingerprint density at radius 1 is 1.17 bits per heavy atom. The summed E-state index contributed by atoms with van der Waals surface area (Å²) < 4.78 is 27.1. The number of rotatable bonds is 4. The van der Waals surface area contributed by atoms with Crippen LogP contribution in [0.15, 0.2) is 46.9 Å². The van der Waals surface area contributed by atoms with Crippen LogP contribution in [0.1, 0.15) is 5.56 Å². The molecule has 0 fully saturated rings. The minimum absolute atomic E-state index is 0.0855. The SMILES string of the molecule is Fc1cc(Cl)c(Cl)c(C=NNc2nc(-c3ccccc3)cs2)c1F. The number of nitrogens with one attached hydrogen (secondary N) is 1. The van der Waals surface area contributed by atoms with Gasteiger partial charge in [0.25, 0.3) is 0 Å². The monoisotopic (exact) mass is 383 g/mol. The molecule has 0 unspecified atom stereocenters. The van der Waals surface area contributed by atoms with Gasteiger partial charge in [-0.05, 0) is 6.07 Å². The van der Waals surface area contributed by atoms with Crippen molar-refractivity contribution >= 4 is 45.9 Å². The molecule has 0 bridgehead atoms. The molecule has 0 radical (unpaired) electrons. The summed E-state index contributed by atoms with van der Waals surface area (Å²) >= 11 is 12.9. The maximum absolute atomic E-state index is 13.7. The average Bonchev–Trinajstić information content (AvgIpc) is 3.06. The van der Waals surface area contributed by atoms with Crippen molar-refractivity contribution in [3.8, 4) is 11.3 Å². The normalized spacial score (nSPS) is 11.2. The lowest BCUT2D eigenvalue weighted by atomic mass is 10.2. The fourth-order valence-corrected chi connectivity index (χ4v) is 2.98. The zero-order chi connectivity index (χ0) is 17.1. The highest BCUT2D eigenvalue weighted by Crippen LogP contribution is 2.29. The largest absolute Gasteiger partial charge is 0.253 e. The van der Waals surface area contributed by atoms with Crippen LogP contribution in [0.25, 0.3) is 11.3 Å². The molecule has 24 heavy (non-hydrogen) atoms. The number of halogens is 4. The third-order valence-corrected chi connectivity index (χ3v) is 4.62. The smallest absolute Gasteiger partial charge is 0.203 e. The average molecular weight is 384 g/mol. The van der Waals surface area contributed by atoms with Crippen LogP contribution in [0.3, 0.4) is 0 Å². The molecule has 0 aliphatic rings. The number of aromatic nitrogens is 1. The Kier molecular flexibility index (Phi) is 5.08. The molecule has 3 rings (SSSR count). The van der Waals surface area contributed by atoms with Gasteiger partial charge in [-0.3, -0.25) is 5.43 Å². The third-order valence-electron chi connectivity index (χ3n) is 3.07. The maximum atomic E-state index is 13.7. The van der Waals surface area contributed by atoms with E-state index in [1.165, 1.54) is 11.3 Å². The summed E-state index contributed by atoms with van der Waals surface area (Å²) in [7, 11) is 0. The first-order valence-electron chi connectivity index (χ1n) is 6.69. The number of hydrazone groups is 1. The molecule has 3 aromatic rings. The van der Waals surface area contributed by atoms with Crippen LogP contribution in [-0.4, -0.2) is 11.2 Å². The lowest BCUT2D eigenvalue weighted by molar-refractivity contribution is 0.507. The van der Waals surface area contributed by atoms with E-state index in [2.05, 4.69) is 15.5 Å². The zero-order valence-corrected chi connectivity index (χ0v) is 14.3. The van der Waals surface area contributed by atoms with Crippen molar-refractivity contribution in [3.63, 3.8) is 0 Å². The Morgan fingerprint density at radius 3 is 2.67 bits per heavy atom. The molecule has 0 saturated heterocycles. The number of anilines is 1. The Balaban J connectivity index is 1.78. The van der Waals surface area contributed by atoms with Crippen LogP contribution >= 0.6 is 34.5 Å². The van der Waals surface area contributed by atoms with E-state index in [1.807, 2.05) is 35.7 Å². The van der Waals surface area contributed by atoms with Gasteiger partial charge in [0.2, 0.25) is 5.13 Å². The van der Waals surface area contributed by atoms with Crippen LogP contribution in [0.4, 0.5) is 13.9 Å². The second-order valence-corrected chi connectivity index (χ2v) is 6.30. The molecule has 1 heterocycles. The standard InChI is InChI=1S/C16H9Cl2F2N3S/c17-11-6-12(19)15(20)10(14(11)18)7-21-23-16-22-13(8-24-16)9-4-2-1-3-5-9/h1-8H,(H,22,23). The minimum atomic E-state index is -1.11. The van der Waals surface area contributed by atoms with Gasteiger partial charge in [-0.1, -0.05) is 53.5 Å². The summed E-state index contributed by atoms with van der Waals surface area (Å²) in [6.45, 7) is 0. The lowest BCUT2D eigenvalue weighted by Crippen LogP contribution is -1.98. The Labute approximate surface area is 150 Å². The predicted octanol–water partition coefficient (Wildman–Crippen LogP) is 5.84. The Bertz CT molecular complexity index is 872. The molecule has 1 N–H and O–H groups in total. The van der Waals surface area contributed by atoms with Crippen molar-refractivity contribution in [2.75, 3.05) is 5.43 Å². The number of benzene rings is 2. The minimum Gasteiger partial charge on any atom is -0.253 e. The van der Waals surface area contributed by atoms with Gasteiger partial charge in [0, 0.05) is 10.9 Å². The van der Waals surface area contributed by atoms with E-state index in [-0.39, 0.29) is 15.6 Å². The number of nitrogens with zero attached hydrogens (tertiary/aromatic N) is 2. The molecule has 1 aromatic heterocycles. The maximum Gasteiger partial charge on any atom is 0.203 e. The summed E-state index contributed by atoms with van der Waals surface area (Å²) in [5.74, 6) is -2.20. The van der Waals surface area contributed by atoms with Gasteiger partial charge in [-0.15, -0.1) is 11.3 Å². The molecule has 2 aromatic carbocycles. The lowest BCUT2D eigenvalue weighted by Gasteiger charge is -2.03. The van der Waals surface area contributed by atoms with Crippen LogP contribution in [0, 0.1) is 11.6 Å². The highest BCUT2D eigenvalue weighted by atomic mass is 35.5. The molecule has 0 atom stereocenters. The summed E-state index contributed by atoms with van der Waals surface area (Å²) in [6.07, 6.45) is 1.07. The first kappa shape index (κ1) is 16.8. The van der Waals surface area contributed by atoms with Crippen molar-refractivity contribution in [2.24, 2.45) is 5.10 Å². The van der Waals surface area contributed by atoms with Crippen molar-refractivity contribution in [1.82, 2.24) is 4.98 Å². The van der Waals surface area contributed by atoms with Crippen LogP contribution < -0.4 is 5.43 Å². The van der Waals surface area contributed by atoms with Gasteiger partial charge in [-0.2, -0.15) is 5.10 Å². The molecular weight excluding hydrogens is 375 g/mol. The van der Waals surface area contributed by atoms with Gasteiger partial charge in [0.15, 0.2) is 11.6 Å². The Morgan fingerprint density at radius 2 is 1.92 bits per heavy atom. The highest BCUT2D eigenvalue weighted by Gasteiger charge is 2.15. The second-order valence-electron chi connectivity index (χ2n) is 4.66. The van der Waals surface area contributed by atoms with Crippen LogP contribution in [-0.2, 0) is 0 Å².